The molecule has 358 valence electrons. The number of esters is 2. The highest BCUT2D eigenvalue weighted by molar-refractivity contribution is 7.47. The van der Waals surface area contributed by atoms with Crippen molar-refractivity contribution in [2.45, 2.75) is 148 Å². The molecule has 0 aromatic carbocycles. The number of phosphoric ester groups is 2. The largest absolute Gasteiger partial charge is 0.472 e. The van der Waals surface area contributed by atoms with Crippen molar-refractivity contribution in [2.24, 2.45) is 11.8 Å². The molecule has 0 bridgehead atoms. The third-order valence-electron chi connectivity index (χ3n) is 9.51. The van der Waals surface area contributed by atoms with E-state index in [1.807, 2.05) is 18.2 Å². The number of unbranched alkanes of at least 4 members (excludes halogenated alkanes) is 7. The number of ketones is 1. The minimum Gasteiger partial charge on any atom is -0.462 e. The number of allylic oxidation sites excluding steroid dienone is 13. The quantitative estimate of drug-likeness (QED) is 0.0168. The standard InChI is InChI=1S/C46H74O15P2/c1-3-5-7-8-9-10-11-12-13-14-15-16-17-18-19-20-26-30-46(51)61-42(38-60-63(55,56)59-36-41(48)35-58-62(52,53)54)37-57-45(50)29-25-22-21-24-27-39-31-34-44(49)43(39)33-32-40(47)28-23-6-4-2/h5,7,9-10,12-13,15-16,21,24,31-34,39-43,47-48H,3-4,6,8,11,14,17-20,22-23,25-30,35-38H2,1-2H3,(H,55,56)(H2,52,53,54)/b7-5-,10-9-,13-12-,16-15-,24-21-,33-32+/t39-,40-,41-,42+,43+/m0/s1. The van der Waals surface area contributed by atoms with Crippen LogP contribution < -0.4 is 0 Å². The van der Waals surface area contributed by atoms with E-state index in [2.05, 4.69) is 71.5 Å². The Morgan fingerprint density at radius 1 is 0.698 bits per heavy atom. The van der Waals surface area contributed by atoms with Crippen molar-refractivity contribution in [3.8, 4) is 0 Å². The number of hydrogen-bond donors (Lipinski definition) is 5. The lowest BCUT2D eigenvalue weighted by Crippen LogP contribution is -2.30. The highest BCUT2D eigenvalue weighted by Gasteiger charge is 2.29. The molecule has 1 unspecified atom stereocenters. The number of phosphoric acid groups is 2. The second kappa shape index (κ2) is 36.2. The second-order valence-corrected chi connectivity index (χ2v) is 17.9. The van der Waals surface area contributed by atoms with Crippen LogP contribution in [0.5, 0.6) is 0 Å². The van der Waals surface area contributed by atoms with Crippen LogP contribution in [0.25, 0.3) is 0 Å². The van der Waals surface area contributed by atoms with Gasteiger partial charge in [0.2, 0.25) is 0 Å². The Labute approximate surface area is 374 Å². The highest BCUT2D eigenvalue weighted by Crippen LogP contribution is 2.44. The van der Waals surface area contributed by atoms with Gasteiger partial charge in [-0.1, -0.05) is 125 Å². The van der Waals surface area contributed by atoms with Gasteiger partial charge in [-0.25, -0.2) is 9.13 Å². The molecule has 15 nitrogen and oxygen atoms in total. The van der Waals surface area contributed by atoms with Crippen LogP contribution in [-0.4, -0.2) is 87.4 Å². The summed E-state index contributed by atoms with van der Waals surface area (Å²) in [6, 6.07) is 0. The van der Waals surface area contributed by atoms with Gasteiger partial charge in [0.15, 0.2) is 11.9 Å². The van der Waals surface area contributed by atoms with E-state index >= 15 is 0 Å². The Kier molecular flexibility index (Phi) is 33.3. The van der Waals surface area contributed by atoms with Crippen LogP contribution in [0, 0.1) is 11.8 Å². The summed E-state index contributed by atoms with van der Waals surface area (Å²) in [5.74, 6) is -1.56. The Morgan fingerprint density at radius 2 is 1.30 bits per heavy atom. The molecule has 1 aliphatic rings. The van der Waals surface area contributed by atoms with E-state index in [4.69, 9.17) is 23.8 Å². The first-order valence-corrected chi connectivity index (χ1v) is 25.4. The molecular weight excluding hydrogens is 854 g/mol. The van der Waals surface area contributed by atoms with Gasteiger partial charge in [0, 0.05) is 18.8 Å². The molecule has 0 amide bonds. The molecule has 1 aliphatic carbocycles. The highest BCUT2D eigenvalue weighted by atomic mass is 31.2. The number of carbonyl (C=O) groups is 3. The van der Waals surface area contributed by atoms with Gasteiger partial charge in [-0.05, 0) is 82.6 Å². The molecule has 0 aromatic rings. The Hall–Kier alpha value is -3.07. The maximum Gasteiger partial charge on any atom is 0.472 e. The average molecular weight is 929 g/mol. The number of ether oxygens (including phenoxy) is 2. The van der Waals surface area contributed by atoms with Gasteiger partial charge in [0.25, 0.3) is 0 Å². The summed E-state index contributed by atoms with van der Waals surface area (Å²) in [5.41, 5.74) is 0. The molecule has 0 heterocycles. The summed E-state index contributed by atoms with van der Waals surface area (Å²) in [4.78, 5) is 65.3. The van der Waals surface area contributed by atoms with E-state index in [0.29, 0.717) is 32.1 Å². The molecule has 0 spiro atoms. The van der Waals surface area contributed by atoms with Crippen molar-refractivity contribution < 1.29 is 71.5 Å². The lowest BCUT2D eigenvalue weighted by atomic mass is 9.90. The normalized spacial score (nSPS) is 18.5. The first-order valence-electron chi connectivity index (χ1n) is 22.3. The van der Waals surface area contributed by atoms with E-state index < -0.39 is 72.3 Å². The fourth-order valence-electron chi connectivity index (χ4n) is 6.03. The van der Waals surface area contributed by atoms with Gasteiger partial charge >= 0.3 is 27.6 Å². The van der Waals surface area contributed by atoms with Gasteiger partial charge in [-0.3, -0.25) is 28.0 Å². The maximum atomic E-state index is 12.7. The van der Waals surface area contributed by atoms with Crippen LogP contribution in [-0.2, 0) is 46.6 Å². The van der Waals surface area contributed by atoms with Crippen LogP contribution in [0.1, 0.15) is 129 Å². The molecule has 6 atom stereocenters. The summed E-state index contributed by atoms with van der Waals surface area (Å²) in [5, 5.41) is 20.0. The molecule has 0 aliphatic heterocycles. The molecule has 63 heavy (non-hydrogen) atoms. The Bertz CT molecular complexity index is 1580. The predicted molar refractivity (Wildman–Crippen MR) is 243 cm³/mol. The summed E-state index contributed by atoms with van der Waals surface area (Å²) in [7, 11) is -9.77. The molecule has 0 saturated heterocycles. The van der Waals surface area contributed by atoms with Crippen LogP contribution in [0.2, 0.25) is 0 Å². The van der Waals surface area contributed by atoms with Crippen molar-refractivity contribution in [3.05, 3.63) is 85.1 Å². The van der Waals surface area contributed by atoms with Crippen molar-refractivity contribution in [3.63, 3.8) is 0 Å². The second-order valence-electron chi connectivity index (χ2n) is 15.2. The summed E-state index contributed by atoms with van der Waals surface area (Å²) >= 11 is 0. The van der Waals surface area contributed by atoms with Crippen LogP contribution in [0.3, 0.4) is 0 Å². The molecule has 0 radical (unpaired) electrons. The fraction of sp³-hybridized carbons (Fsp3) is 0.630. The molecule has 0 aromatic heterocycles. The minimum absolute atomic E-state index is 0.00557. The predicted octanol–water partition coefficient (Wildman–Crippen LogP) is 9.18. The monoisotopic (exact) mass is 928 g/mol. The summed E-state index contributed by atoms with van der Waals surface area (Å²) in [6.07, 6.45) is 37.8. The minimum atomic E-state index is -4.90. The van der Waals surface area contributed by atoms with Crippen molar-refractivity contribution in [1.82, 2.24) is 0 Å². The lowest BCUT2D eigenvalue weighted by molar-refractivity contribution is -0.161. The Balaban J connectivity index is 2.55. The van der Waals surface area contributed by atoms with Gasteiger partial charge in [0.05, 0.1) is 25.9 Å². The maximum absolute atomic E-state index is 12.7. The summed E-state index contributed by atoms with van der Waals surface area (Å²) < 4.78 is 47.8. The number of carbonyl (C=O) groups excluding carboxylic acids is 3. The molecular formula is C46H74O15P2. The first kappa shape index (κ1) is 57.9. The van der Waals surface area contributed by atoms with Crippen molar-refractivity contribution in [2.75, 3.05) is 26.4 Å². The zero-order valence-electron chi connectivity index (χ0n) is 37.2. The zero-order valence-corrected chi connectivity index (χ0v) is 39.0. The molecule has 1 rings (SSSR count). The van der Waals surface area contributed by atoms with Gasteiger partial charge in [0.1, 0.15) is 12.7 Å². The first-order chi connectivity index (χ1) is 30.2. The molecule has 0 fully saturated rings. The van der Waals surface area contributed by atoms with Crippen molar-refractivity contribution in [1.29, 1.82) is 0 Å². The zero-order chi connectivity index (χ0) is 46.6. The molecule has 17 heteroatoms. The van der Waals surface area contributed by atoms with E-state index in [1.54, 1.807) is 18.2 Å². The fourth-order valence-corrected chi connectivity index (χ4v) is 7.19. The SMILES string of the molecule is CC/C=C\C/C=C\C/C=C\C/C=C\CCCCCCC(=O)O[C@H](COC(=O)CCC/C=C\C[C@H]1C=CC(=O)[C@@H]1/C=C/[C@@H](O)CCCCC)COP(=O)(O)OC[C@@H](O)COP(=O)(O)O. The number of aliphatic hydroxyl groups is 2. The van der Waals surface area contributed by atoms with Gasteiger partial charge in [-0.2, -0.15) is 0 Å². The summed E-state index contributed by atoms with van der Waals surface area (Å²) in [6.45, 7) is 1.28. The topological polar surface area (TPSA) is 233 Å². The van der Waals surface area contributed by atoms with E-state index in [0.717, 1.165) is 70.6 Å². The van der Waals surface area contributed by atoms with Crippen LogP contribution in [0.15, 0.2) is 85.1 Å². The van der Waals surface area contributed by atoms with Crippen LogP contribution >= 0.6 is 15.6 Å². The molecule has 0 saturated carbocycles. The van der Waals surface area contributed by atoms with Gasteiger partial charge < -0.3 is 34.4 Å². The third kappa shape index (κ3) is 34.0. The average Bonchev–Trinajstić information content (AvgIpc) is 3.59. The van der Waals surface area contributed by atoms with Gasteiger partial charge in [-0.15, -0.1) is 0 Å². The number of aliphatic hydroxyl groups excluding tert-OH is 2. The Morgan fingerprint density at radius 3 is 1.98 bits per heavy atom. The third-order valence-corrected chi connectivity index (χ3v) is 10.9. The smallest absolute Gasteiger partial charge is 0.462 e. The van der Waals surface area contributed by atoms with E-state index in [9.17, 15) is 38.6 Å². The van der Waals surface area contributed by atoms with E-state index in [1.165, 1.54) is 0 Å². The van der Waals surface area contributed by atoms with Crippen LogP contribution in [0.4, 0.5) is 0 Å². The van der Waals surface area contributed by atoms with Crippen molar-refractivity contribution >= 4 is 33.4 Å². The van der Waals surface area contributed by atoms with E-state index in [-0.39, 0.29) is 30.5 Å². The molecule has 5 N–H and O–H groups in total. The number of rotatable bonds is 38. The lowest BCUT2D eigenvalue weighted by Gasteiger charge is -2.20. The number of hydrogen-bond acceptors (Lipinski definition) is 12.